The molecule has 0 amide bonds. The van der Waals surface area contributed by atoms with Gasteiger partial charge in [0.25, 0.3) is 0 Å². The van der Waals surface area contributed by atoms with Gasteiger partial charge in [0.15, 0.2) is 0 Å². The molecule has 1 aliphatic heterocycles. The van der Waals surface area contributed by atoms with Crippen LogP contribution in [0, 0.1) is 0 Å². The molecule has 2 aromatic heterocycles. The van der Waals surface area contributed by atoms with Crippen LogP contribution in [-0.4, -0.2) is 41.2 Å². The molecule has 0 unspecified atom stereocenters. The van der Waals surface area contributed by atoms with Crippen molar-refractivity contribution in [3.63, 3.8) is 0 Å². The first-order chi connectivity index (χ1) is 14.4. The number of aromatic nitrogens is 2. The van der Waals surface area contributed by atoms with Crippen LogP contribution in [0.3, 0.4) is 0 Å². The van der Waals surface area contributed by atoms with Crippen molar-refractivity contribution in [1.82, 2.24) is 15.0 Å². The predicted molar refractivity (Wildman–Crippen MR) is 123 cm³/mol. The van der Waals surface area contributed by atoms with E-state index in [1.807, 2.05) is 42.6 Å². The van der Waals surface area contributed by atoms with Crippen LogP contribution in [0.5, 0.6) is 0 Å². The van der Waals surface area contributed by atoms with Crippen molar-refractivity contribution >= 4 is 33.8 Å². The van der Waals surface area contributed by atoms with Gasteiger partial charge in [0, 0.05) is 61.4 Å². The lowest BCUT2D eigenvalue weighted by molar-refractivity contribution is 0.486. The summed E-state index contributed by atoms with van der Waals surface area (Å²) in [5.41, 5.74) is 15.2. The predicted octanol–water partition coefficient (Wildman–Crippen LogP) is 1.92. The smallest absolute Gasteiger partial charge is 0.130 e. The average Bonchev–Trinajstić information content (AvgIpc) is 2.70. The van der Waals surface area contributed by atoms with E-state index in [-0.39, 0.29) is 6.04 Å². The molecule has 30 heavy (non-hydrogen) atoms. The van der Waals surface area contributed by atoms with Gasteiger partial charge < -0.3 is 26.7 Å². The van der Waals surface area contributed by atoms with Crippen LogP contribution in [0.15, 0.2) is 61.6 Å². The number of hydrogen-bond donors (Lipinski definition) is 4. The molecule has 0 bridgehead atoms. The number of nitrogens with two attached hydrogens (primary N) is 3. The lowest BCUT2D eigenvalue weighted by Crippen LogP contribution is -2.56. The Hall–Kier alpha value is -3.62. The number of fused-ring (bicyclic) bond motifs is 1. The molecule has 1 saturated heterocycles. The minimum absolute atomic E-state index is 0.220. The second-order valence-corrected chi connectivity index (χ2v) is 7.55. The average molecular weight is 403 g/mol. The number of hydrazine groups is 1. The normalized spacial score (nSPS) is 14.5. The van der Waals surface area contributed by atoms with Crippen LogP contribution in [0.4, 0.5) is 11.6 Å². The molecule has 0 saturated carbocycles. The van der Waals surface area contributed by atoms with E-state index in [4.69, 9.17) is 17.3 Å². The number of rotatable bonds is 6. The fraction of sp³-hybridized carbons (Fsp3) is 0.182. The molecule has 1 aromatic carbocycles. The third-order valence-electron chi connectivity index (χ3n) is 5.00. The molecule has 4 rings (SSSR count). The summed E-state index contributed by atoms with van der Waals surface area (Å²) in [6.45, 7) is 5.81. The van der Waals surface area contributed by atoms with Crippen LogP contribution in [0.1, 0.15) is 11.1 Å². The molecule has 7 N–H and O–H groups in total. The summed E-state index contributed by atoms with van der Waals surface area (Å²) in [5.74, 6) is 7.26. The number of pyridine rings is 2. The third-order valence-corrected chi connectivity index (χ3v) is 5.00. The second-order valence-electron chi connectivity index (χ2n) is 7.55. The summed E-state index contributed by atoms with van der Waals surface area (Å²) < 4.78 is 0. The van der Waals surface area contributed by atoms with Crippen LogP contribution in [0.25, 0.3) is 22.2 Å². The molecule has 3 heterocycles. The van der Waals surface area contributed by atoms with E-state index < -0.39 is 0 Å². The van der Waals surface area contributed by atoms with E-state index in [2.05, 4.69) is 26.8 Å². The monoisotopic (exact) mass is 402 g/mol. The summed E-state index contributed by atoms with van der Waals surface area (Å²) in [5, 5.41) is 6.75. The highest BCUT2D eigenvalue weighted by Crippen LogP contribution is 2.25. The standard InChI is InChI=1S/C22H26N8/c1-14(15-5-6-26-22(9-15)30-11-19(23)12-30)28-21-8-18-7-16(20(24)13-29(2)25)3-4-17(18)10-27-21/h3-10,13,19H,1,11-12,23-25H2,2H3,(H,27,28)/b20-13-. The summed E-state index contributed by atoms with van der Waals surface area (Å²) in [7, 11) is 1.73. The van der Waals surface area contributed by atoms with Crippen LogP contribution in [0.2, 0.25) is 0 Å². The van der Waals surface area contributed by atoms with E-state index in [0.29, 0.717) is 11.5 Å². The molecular weight excluding hydrogens is 376 g/mol. The topological polar surface area (TPSA) is 122 Å². The minimum atomic E-state index is 0.220. The van der Waals surface area contributed by atoms with Gasteiger partial charge in [0.1, 0.15) is 11.6 Å². The van der Waals surface area contributed by atoms with Gasteiger partial charge in [0.05, 0.1) is 5.70 Å². The van der Waals surface area contributed by atoms with Gasteiger partial charge in [-0.25, -0.2) is 15.8 Å². The Balaban J connectivity index is 1.54. The molecule has 0 spiro atoms. The summed E-state index contributed by atoms with van der Waals surface area (Å²) in [4.78, 5) is 11.1. The summed E-state index contributed by atoms with van der Waals surface area (Å²) >= 11 is 0. The van der Waals surface area contributed by atoms with Crippen molar-refractivity contribution in [2.24, 2.45) is 17.3 Å². The lowest BCUT2D eigenvalue weighted by atomic mass is 10.1. The van der Waals surface area contributed by atoms with Gasteiger partial charge in [-0.2, -0.15) is 0 Å². The molecule has 0 atom stereocenters. The fourth-order valence-corrected chi connectivity index (χ4v) is 3.39. The van der Waals surface area contributed by atoms with Crippen LogP contribution in [-0.2, 0) is 0 Å². The van der Waals surface area contributed by atoms with Crippen LogP contribution >= 0.6 is 0 Å². The zero-order valence-electron chi connectivity index (χ0n) is 16.9. The molecule has 154 valence electrons. The van der Waals surface area contributed by atoms with Crippen LogP contribution < -0.4 is 27.5 Å². The van der Waals surface area contributed by atoms with Gasteiger partial charge in [-0.1, -0.05) is 18.7 Å². The number of hydrogen-bond acceptors (Lipinski definition) is 8. The van der Waals surface area contributed by atoms with Crippen molar-refractivity contribution < 1.29 is 0 Å². The molecule has 1 aliphatic rings. The lowest BCUT2D eigenvalue weighted by Gasteiger charge is -2.37. The number of anilines is 2. The SMILES string of the molecule is C=C(Nc1cc2cc(/C(N)=C/N(C)N)ccc2cn1)c1ccnc(N2CC(N)C2)c1. The molecule has 8 heteroatoms. The number of nitrogens with zero attached hydrogens (tertiary/aromatic N) is 4. The van der Waals surface area contributed by atoms with Crippen molar-refractivity contribution in [3.8, 4) is 0 Å². The molecule has 1 fully saturated rings. The van der Waals surface area contributed by atoms with Gasteiger partial charge in [-0.05, 0) is 35.2 Å². The Bertz CT molecular complexity index is 1120. The zero-order valence-corrected chi connectivity index (χ0v) is 16.9. The van der Waals surface area contributed by atoms with E-state index in [1.165, 1.54) is 5.01 Å². The fourth-order valence-electron chi connectivity index (χ4n) is 3.39. The van der Waals surface area contributed by atoms with Gasteiger partial charge in [-0.3, -0.25) is 0 Å². The maximum Gasteiger partial charge on any atom is 0.130 e. The summed E-state index contributed by atoms with van der Waals surface area (Å²) in [6, 6.07) is 12.1. The number of nitrogens with one attached hydrogen (secondary N) is 1. The largest absolute Gasteiger partial charge is 0.397 e. The first-order valence-electron chi connectivity index (χ1n) is 9.67. The van der Waals surface area contributed by atoms with Crippen molar-refractivity contribution in [1.29, 1.82) is 0 Å². The molecule has 3 aromatic rings. The molecular formula is C22H26N8. The number of benzene rings is 1. The van der Waals surface area contributed by atoms with Crippen molar-refractivity contribution in [3.05, 3.63) is 72.7 Å². The van der Waals surface area contributed by atoms with Gasteiger partial charge in [0.2, 0.25) is 0 Å². The van der Waals surface area contributed by atoms with E-state index >= 15 is 0 Å². The quantitative estimate of drug-likeness (QED) is 0.364. The van der Waals surface area contributed by atoms with E-state index in [0.717, 1.165) is 46.5 Å². The second kappa shape index (κ2) is 8.02. The minimum Gasteiger partial charge on any atom is -0.397 e. The zero-order chi connectivity index (χ0) is 21.3. The molecule has 8 nitrogen and oxygen atoms in total. The maximum absolute atomic E-state index is 6.12. The third kappa shape index (κ3) is 4.19. The maximum atomic E-state index is 6.12. The van der Waals surface area contributed by atoms with Crippen molar-refractivity contribution in [2.45, 2.75) is 6.04 Å². The Morgan fingerprint density at radius 3 is 2.70 bits per heavy atom. The van der Waals surface area contributed by atoms with Gasteiger partial charge in [-0.15, -0.1) is 0 Å². The van der Waals surface area contributed by atoms with Gasteiger partial charge >= 0.3 is 0 Å². The Kier molecular flexibility index (Phi) is 5.26. The van der Waals surface area contributed by atoms with Crippen molar-refractivity contribution in [2.75, 3.05) is 30.4 Å². The Morgan fingerprint density at radius 1 is 1.17 bits per heavy atom. The Labute approximate surface area is 175 Å². The Morgan fingerprint density at radius 2 is 1.97 bits per heavy atom. The van der Waals surface area contributed by atoms with E-state index in [9.17, 15) is 0 Å². The first kappa shape index (κ1) is 19.7. The highest BCUT2D eigenvalue weighted by Gasteiger charge is 2.24. The molecule has 0 aliphatic carbocycles. The highest BCUT2D eigenvalue weighted by molar-refractivity contribution is 5.88. The molecule has 0 radical (unpaired) electrons. The van der Waals surface area contributed by atoms with E-state index in [1.54, 1.807) is 19.4 Å². The first-order valence-corrected chi connectivity index (χ1v) is 9.67. The summed E-state index contributed by atoms with van der Waals surface area (Å²) in [6.07, 6.45) is 5.28. The highest BCUT2D eigenvalue weighted by atomic mass is 15.4.